The number of para-hydroxylation sites is 1. The molecule has 1 aromatic heterocycles. The Balaban J connectivity index is 1.81. The maximum Gasteiger partial charge on any atom is 0.148 e. The molecule has 3 heterocycles. The van der Waals surface area contributed by atoms with E-state index in [0.717, 1.165) is 11.3 Å². The molecule has 4 heteroatoms. The number of thioether (sulfide) groups is 1. The Kier molecular flexibility index (Phi) is 1.93. The summed E-state index contributed by atoms with van der Waals surface area (Å²) in [6.07, 6.45) is 6.06. The molecular formula is C13H12N2OS. The summed E-state index contributed by atoms with van der Waals surface area (Å²) in [5, 5.41) is 4.57. The van der Waals surface area contributed by atoms with Gasteiger partial charge < -0.3 is 14.6 Å². The minimum Gasteiger partial charge on any atom is -0.464 e. The molecular weight excluding hydrogens is 232 g/mol. The number of nitrogens with one attached hydrogen (secondary N) is 1. The van der Waals surface area contributed by atoms with E-state index in [0.29, 0.717) is 11.5 Å². The molecule has 0 aliphatic carbocycles. The van der Waals surface area contributed by atoms with E-state index in [9.17, 15) is 0 Å². The van der Waals surface area contributed by atoms with Crippen molar-refractivity contribution in [1.82, 2.24) is 10.2 Å². The van der Waals surface area contributed by atoms with Gasteiger partial charge >= 0.3 is 0 Å². The highest BCUT2D eigenvalue weighted by Crippen LogP contribution is 2.42. The van der Waals surface area contributed by atoms with Gasteiger partial charge in [-0.1, -0.05) is 18.2 Å². The van der Waals surface area contributed by atoms with Crippen LogP contribution in [0.25, 0.3) is 11.0 Å². The molecule has 86 valence electrons. The lowest BCUT2D eigenvalue weighted by molar-refractivity contribution is 0.313. The van der Waals surface area contributed by atoms with E-state index in [4.69, 9.17) is 4.42 Å². The Hall–Kier alpha value is -1.55. The standard InChI is InChI=1S/C13H12N2OS/c1-2-4-12-9(3-1)10(7-16-12)11-8-17-13-14-5-6-15(11)13/h1-7,11,13-14H,8H2. The topological polar surface area (TPSA) is 28.4 Å². The zero-order chi connectivity index (χ0) is 11.2. The second-order valence-electron chi connectivity index (χ2n) is 4.32. The summed E-state index contributed by atoms with van der Waals surface area (Å²) in [5.74, 6) is 1.10. The van der Waals surface area contributed by atoms with E-state index < -0.39 is 0 Å². The first-order valence-electron chi connectivity index (χ1n) is 5.71. The van der Waals surface area contributed by atoms with Crippen molar-refractivity contribution in [2.45, 2.75) is 11.5 Å². The molecule has 2 aliphatic heterocycles. The molecule has 2 aliphatic rings. The number of hydrogen-bond donors (Lipinski definition) is 1. The minimum atomic E-state index is 0.397. The van der Waals surface area contributed by atoms with Crippen LogP contribution < -0.4 is 5.32 Å². The van der Waals surface area contributed by atoms with Gasteiger partial charge in [0.1, 0.15) is 11.1 Å². The molecule has 0 saturated carbocycles. The van der Waals surface area contributed by atoms with Crippen molar-refractivity contribution < 1.29 is 4.42 Å². The average Bonchev–Trinajstić information content (AvgIpc) is 3.02. The number of furan rings is 1. The van der Waals surface area contributed by atoms with Gasteiger partial charge in [-0.25, -0.2) is 0 Å². The van der Waals surface area contributed by atoms with Crippen molar-refractivity contribution in [2.24, 2.45) is 0 Å². The predicted octanol–water partition coefficient (Wildman–Crippen LogP) is 2.88. The molecule has 1 saturated heterocycles. The molecule has 1 aromatic carbocycles. The smallest absolute Gasteiger partial charge is 0.148 e. The normalized spacial score (nSPS) is 26.5. The van der Waals surface area contributed by atoms with Gasteiger partial charge in [-0.15, -0.1) is 11.8 Å². The van der Waals surface area contributed by atoms with Crippen LogP contribution in [0.5, 0.6) is 0 Å². The van der Waals surface area contributed by atoms with Crippen molar-refractivity contribution in [3.8, 4) is 0 Å². The lowest BCUT2D eigenvalue weighted by Crippen LogP contribution is -2.28. The van der Waals surface area contributed by atoms with E-state index in [1.165, 1.54) is 10.9 Å². The zero-order valence-corrected chi connectivity index (χ0v) is 9.98. The van der Waals surface area contributed by atoms with Gasteiger partial charge in [0.25, 0.3) is 0 Å². The predicted molar refractivity (Wildman–Crippen MR) is 69.3 cm³/mol. The fourth-order valence-electron chi connectivity index (χ4n) is 2.55. The third-order valence-electron chi connectivity index (χ3n) is 3.40. The van der Waals surface area contributed by atoms with Crippen LogP contribution >= 0.6 is 11.8 Å². The van der Waals surface area contributed by atoms with Crippen LogP contribution in [-0.4, -0.2) is 16.2 Å². The number of fused-ring (bicyclic) bond motifs is 2. The highest BCUT2D eigenvalue weighted by molar-refractivity contribution is 8.00. The fourth-order valence-corrected chi connectivity index (χ4v) is 3.83. The van der Waals surface area contributed by atoms with Crippen molar-refractivity contribution in [3.63, 3.8) is 0 Å². The second-order valence-corrected chi connectivity index (χ2v) is 5.43. The summed E-state index contributed by atoms with van der Waals surface area (Å²) in [6.45, 7) is 0. The van der Waals surface area contributed by atoms with E-state index in [-0.39, 0.29) is 0 Å². The van der Waals surface area contributed by atoms with Crippen LogP contribution in [0.4, 0.5) is 0 Å². The number of hydrogen-bond acceptors (Lipinski definition) is 4. The Bertz CT molecular complexity index is 592. The summed E-state index contributed by atoms with van der Waals surface area (Å²) in [5.41, 5.74) is 2.67. The van der Waals surface area contributed by atoms with E-state index in [2.05, 4.69) is 28.5 Å². The lowest BCUT2D eigenvalue weighted by Gasteiger charge is -2.22. The molecule has 2 aromatic rings. The van der Waals surface area contributed by atoms with Crippen molar-refractivity contribution in [2.75, 3.05) is 5.75 Å². The summed E-state index contributed by atoms with van der Waals surface area (Å²) in [4.78, 5) is 2.36. The highest BCUT2D eigenvalue weighted by atomic mass is 32.2. The second kappa shape index (κ2) is 3.47. The fraction of sp³-hybridized carbons (Fsp3) is 0.231. The maximum absolute atomic E-state index is 5.63. The van der Waals surface area contributed by atoms with Crippen molar-refractivity contribution in [1.29, 1.82) is 0 Å². The first-order valence-corrected chi connectivity index (χ1v) is 6.76. The summed E-state index contributed by atoms with van der Waals surface area (Å²) in [7, 11) is 0. The molecule has 0 radical (unpaired) electrons. The molecule has 0 bridgehead atoms. The maximum atomic E-state index is 5.63. The van der Waals surface area contributed by atoms with Crippen LogP contribution in [0.3, 0.4) is 0 Å². The van der Waals surface area contributed by atoms with Gasteiger partial charge in [0, 0.05) is 29.1 Å². The highest BCUT2D eigenvalue weighted by Gasteiger charge is 2.36. The summed E-state index contributed by atoms with van der Waals surface area (Å²) in [6, 6.07) is 8.66. The third kappa shape index (κ3) is 1.30. The molecule has 17 heavy (non-hydrogen) atoms. The van der Waals surface area contributed by atoms with Gasteiger partial charge in [0.05, 0.1) is 12.3 Å². The lowest BCUT2D eigenvalue weighted by atomic mass is 10.1. The summed E-state index contributed by atoms with van der Waals surface area (Å²) < 4.78 is 5.63. The molecule has 2 unspecified atom stereocenters. The van der Waals surface area contributed by atoms with Gasteiger partial charge in [0.2, 0.25) is 0 Å². The number of rotatable bonds is 1. The first kappa shape index (κ1) is 9.48. The SMILES string of the molecule is C1=CN2C(N1)SCC2c1coc2ccccc12. The molecule has 4 rings (SSSR count). The van der Waals surface area contributed by atoms with Gasteiger partial charge in [-0.05, 0) is 6.07 Å². The minimum absolute atomic E-state index is 0.397. The molecule has 1 fully saturated rings. The Labute approximate surface area is 103 Å². The van der Waals surface area contributed by atoms with Crippen LogP contribution in [-0.2, 0) is 0 Å². The van der Waals surface area contributed by atoms with Gasteiger partial charge in [-0.2, -0.15) is 0 Å². The summed E-state index contributed by atoms with van der Waals surface area (Å²) >= 11 is 1.94. The van der Waals surface area contributed by atoms with E-state index >= 15 is 0 Å². The van der Waals surface area contributed by atoms with Crippen LogP contribution in [0, 0.1) is 0 Å². The Morgan fingerprint density at radius 2 is 2.29 bits per heavy atom. The largest absolute Gasteiger partial charge is 0.464 e. The third-order valence-corrected chi connectivity index (χ3v) is 4.60. The number of benzene rings is 1. The monoisotopic (exact) mass is 244 g/mol. The quantitative estimate of drug-likeness (QED) is 0.835. The van der Waals surface area contributed by atoms with Crippen LogP contribution in [0.1, 0.15) is 11.6 Å². The van der Waals surface area contributed by atoms with E-state index in [1.54, 1.807) is 0 Å². The van der Waals surface area contributed by atoms with Crippen molar-refractivity contribution in [3.05, 3.63) is 48.5 Å². The molecule has 1 N–H and O–H groups in total. The molecule has 0 spiro atoms. The van der Waals surface area contributed by atoms with Gasteiger partial charge in [0.15, 0.2) is 0 Å². The zero-order valence-electron chi connectivity index (χ0n) is 9.17. The molecule has 2 atom stereocenters. The Morgan fingerprint density at radius 1 is 1.35 bits per heavy atom. The number of nitrogens with zero attached hydrogens (tertiary/aromatic N) is 1. The average molecular weight is 244 g/mol. The Morgan fingerprint density at radius 3 is 3.29 bits per heavy atom. The van der Waals surface area contributed by atoms with Crippen LogP contribution in [0.2, 0.25) is 0 Å². The van der Waals surface area contributed by atoms with Gasteiger partial charge in [-0.3, -0.25) is 0 Å². The first-order chi connectivity index (χ1) is 8.43. The molecule has 3 nitrogen and oxygen atoms in total. The van der Waals surface area contributed by atoms with Crippen LogP contribution in [0.15, 0.2) is 47.3 Å². The van der Waals surface area contributed by atoms with E-state index in [1.807, 2.05) is 36.4 Å². The van der Waals surface area contributed by atoms with Crippen molar-refractivity contribution >= 4 is 22.7 Å². The molecule has 0 amide bonds.